The minimum absolute atomic E-state index is 0.264. The Balaban J connectivity index is 2.14. The van der Waals surface area contributed by atoms with E-state index in [2.05, 4.69) is 0 Å². The molecule has 3 nitrogen and oxygen atoms in total. The Kier molecular flexibility index (Phi) is 4.62. The third-order valence-electron chi connectivity index (χ3n) is 3.25. The van der Waals surface area contributed by atoms with Crippen molar-refractivity contribution in [3.8, 4) is 11.5 Å². The molecule has 0 heterocycles. The molecule has 3 heteroatoms. The van der Waals surface area contributed by atoms with Gasteiger partial charge in [-0.3, -0.25) is 4.79 Å². The summed E-state index contributed by atoms with van der Waals surface area (Å²) in [5.41, 5.74) is 0.629. The smallest absolute Gasteiger partial charge is 0.162 e. The average molecular weight is 248 g/mol. The van der Waals surface area contributed by atoms with Gasteiger partial charge in [0.05, 0.1) is 12.7 Å². The van der Waals surface area contributed by atoms with Crippen LogP contribution in [0.25, 0.3) is 0 Å². The molecule has 1 aromatic rings. The predicted octanol–water partition coefficient (Wildman–Crippen LogP) is 3.61. The van der Waals surface area contributed by atoms with Gasteiger partial charge < -0.3 is 9.47 Å². The second-order valence-electron chi connectivity index (χ2n) is 4.63. The van der Waals surface area contributed by atoms with Gasteiger partial charge in [0.2, 0.25) is 0 Å². The zero-order valence-corrected chi connectivity index (χ0v) is 10.9. The van der Waals surface area contributed by atoms with Gasteiger partial charge in [-0.2, -0.15) is 0 Å². The summed E-state index contributed by atoms with van der Waals surface area (Å²) >= 11 is 0. The average Bonchev–Trinajstić information content (AvgIpc) is 2.42. The summed E-state index contributed by atoms with van der Waals surface area (Å²) in [6.45, 7) is 2.54. The third-order valence-corrected chi connectivity index (χ3v) is 3.25. The van der Waals surface area contributed by atoms with Gasteiger partial charge in [0.15, 0.2) is 11.5 Å². The lowest BCUT2D eigenvalue weighted by Gasteiger charge is -2.24. The normalized spacial score (nSPS) is 16.3. The van der Waals surface area contributed by atoms with Crippen molar-refractivity contribution >= 4 is 6.29 Å². The Labute approximate surface area is 108 Å². The standard InChI is InChI=1S/C15H20O3/c1-2-17-14-9-8-12(11-16)10-15(14)18-13-6-4-3-5-7-13/h8-11,13H,2-7H2,1H3. The fraction of sp³-hybridized carbons (Fsp3) is 0.533. The maximum atomic E-state index is 10.8. The molecule has 0 bridgehead atoms. The first-order valence-electron chi connectivity index (χ1n) is 6.72. The second-order valence-corrected chi connectivity index (χ2v) is 4.63. The van der Waals surface area contributed by atoms with Crippen molar-refractivity contribution < 1.29 is 14.3 Å². The van der Waals surface area contributed by atoms with E-state index in [9.17, 15) is 4.79 Å². The van der Waals surface area contributed by atoms with Crippen molar-refractivity contribution in [1.29, 1.82) is 0 Å². The Morgan fingerprint density at radius 2 is 2.00 bits per heavy atom. The quantitative estimate of drug-likeness (QED) is 0.747. The van der Waals surface area contributed by atoms with Gasteiger partial charge in [0.25, 0.3) is 0 Å². The number of aldehydes is 1. The molecule has 1 aromatic carbocycles. The van der Waals surface area contributed by atoms with Crippen LogP contribution in [0.15, 0.2) is 18.2 Å². The van der Waals surface area contributed by atoms with Crippen LogP contribution in [-0.4, -0.2) is 19.0 Å². The highest BCUT2D eigenvalue weighted by atomic mass is 16.5. The molecule has 0 unspecified atom stereocenters. The third kappa shape index (κ3) is 3.25. The molecule has 0 atom stereocenters. The second kappa shape index (κ2) is 6.43. The van der Waals surface area contributed by atoms with Gasteiger partial charge in [0, 0.05) is 5.56 Å². The van der Waals surface area contributed by atoms with Gasteiger partial charge in [-0.15, -0.1) is 0 Å². The molecule has 0 spiro atoms. The highest BCUT2D eigenvalue weighted by Gasteiger charge is 2.17. The lowest BCUT2D eigenvalue weighted by molar-refractivity contribution is 0.112. The molecule has 0 radical (unpaired) electrons. The van der Waals surface area contributed by atoms with Crippen LogP contribution in [0.5, 0.6) is 11.5 Å². The summed E-state index contributed by atoms with van der Waals surface area (Å²) in [5, 5.41) is 0. The fourth-order valence-electron chi connectivity index (χ4n) is 2.33. The van der Waals surface area contributed by atoms with Crippen molar-refractivity contribution in [2.24, 2.45) is 0 Å². The summed E-state index contributed by atoms with van der Waals surface area (Å²) in [6, 6.07) is 5.34. The molecule has 1 aliphatic carbocycles. The van der Waals surface area contributed by atoms with Crippen molar-refractivity contribution in [1.82, 2.24) is 0 Å². The molecule has 1 saturated carbocycles. The monoisotopic (exact) mass is 248 g/mol. The Morgan fingerprint density at radius 3 is 2.67 bits per heavy atom. The van der Waals surface area contributed by atoms with Crippen LogP contribution in [-0.2, 0) is 0 Å². The lowest BCUT2D eigenvalue weighted by Crippen LogP contribution is -2.20. The number of benzene rings is 1. The van der Waals surface area contributed by atoms with Crippen LogP contribution in [0, 0.1) is 0 Å². The first-order valence-corrected chi connectivity index (χ1v) is 6.72. The highest BCUT2D eigenvalue weighted by molar-refractivity contribution is 5.76. The molecule has 0 aliphatic heterocycles. The van der Waals surface area contributed by atoms with Gasteiger partial charge in [-0.25, -0.2) is 0 Å². The minimum Gasteiger partial charge on any atom is -0.490 e. The molecule has 0 N–H and O–H groups in total. The molecule has 0 saturated heterocycles. The van der Waals surface area contributed by atoms with Crippen LogP contribution in [0.3, 0.4) is 0 Å². The maximum absolute atomic E-state index is 10.8. The number of ether oxygens (including phenoxy) is 2. The summed E-state index contributed by atoms with van der Waals surface area (Å²) in [7, 11) is 0. The minimum atomic E-state index is 0.264. The molecule has 98 valence electrons. The molecule has 1 fully saturated rings. The zero-order chi connectivity index (χ0) is 12.8. The van der Waals surface area contributed by atoms with Gasteiger partial charge in [-0.05, 0) is 50.8 Å². The SMILES string of the molecule is CCOc1ccc(C=O)cc1OC1CCCCC1. The van der Waals surface area contributed by atoms with Crippen molar-refractivity contribution in [3.63, 3.8) is 0 Å². The van der Waals surface area contributed by atoms with Crippen molar-refractivity contribution in [3.05, 3.63) is 23.8 Å². The Morgan fingerprint density at radius 1 is 1.22 bits per heavy atom. The number of carbonyl (C=O) groups excluding carboxylic acids is 1. The van der Waals surface area contributed by atoms with Gasteiger partial charge in [0.1, 0.15) is 6.29 Å². The van der Waals surface area contributed by atoms with E-state index in [0.717, 1.165) is 24.9 Å². The molecule has 0 aromatic heterocycles. The molecule has 0 amide bonds. The summed E-state index contributed by atoms with van der Waals surface area (Å²) in [6.07, 6.45) is 7.04. The largest absolute Gasteiger partial charge is 0.490 e. The lowest BCUT2D eigenvalue weighted by atomic mass is 9.98. The van der Waals surface area contributed by atoms with Crippen LogP contribution in [0.4, 0.5) is 0 Å². The highest BCUT2D eigenvalue weighted by Crippen LogP contribution is 2.31. The number of rotatable bonds is 5. The van der Waals surface area contributed by atoms with Crippen molar-refractivity contribution in [2.75, 3.05) is 6.61 Å². The van der Waals surface area contributed by atoms with E-state index in [1.165, 1.54) is 19.3 Å². The van der Waals surface area contributed by atoms with E-state index in [0.29, 0.717) is 17.9 Å². The zero-order valence-electron chi connectivity index (χ0n) is 10.9. The maximum Gasteiger partial charge on any atom is 0.162 e. The van der Waals surface area contributed by atoms with E-state index < -0.39 is 0 Å². The molecular weight excluding hydrogens is 228 g/mol. The van der Waals surface area contributed by atoms with Crippen LogP contribution >= 0.6 is 0 Å². The summed E-state index contributed by atoms with van der Waals surface area (Å²) in [5.74, 6) is 1.43. The van der Waals surface area contributed by atoms with Crippen LogP contribution in [0.1, 0.15) is 49.4 Å². The summed E-state index contributed by atoms with van der Waals surface area (Å²) < 4.78 is 11.5. The van der Waals surface area contributed by atoms with Gasteiger partial charge in [-0.1, -0.05) is 6.42 Å². The fourth-order valence-corrected chi connectivity index (χ4v) is 2.33. The van der Waals surface area contributed by atoms with Crippen LogP contribution < -0.4 is 9.47 Å². The molecule has 1 aliphatic rings. The Hall–Kier alpha value is -1.51. The van der Waals surface area contributed by atoms with Gasteiger partial charge >= 0.3 is 0 Å². The summed E-state index contributed by atoms with van der Waals surface area (Å²) in [4.78, 5) is 10.8. The topological polar surface area (TPSA) is 35.5 Å². The van der Waals surface area contributed by atoms with E-state index in [-0.39, 0.29) is 6.10 Å². The molecular formula is C15H20O3. The number of hydrogen-bond acceptors (Lipinski definition) is 3. The predicted molar refractivity (Wildman–Crippen MR) is 70.5 cm³/mol. The van der Waals surface area contributed by atoms with E-state index in [1.807, 2.05) is 13.0 Å². The number of carbonyl (C=O) groups is 1. The van der Waals surface area contributed by atoms with E-state index in [1.54, 1.807) is 12.1 Å². The molecule has 18 heavy (non-hydrogen) atoms. The Bertz CT molecular complexity index is 395. The first kappa shape index (κ1) is 12.9. The number of hydrogen-bond donors (Lipinski definition) is 0. The van der Waals surface area contributed by atoms with Crippen LogP contribution in [0.2, 0.25) is 0 Å². The van der Waals surface area contributed by atoms with E-state index >= 15 is 0 Å². The van der Waals surface area contributed by atoms with E-state index in [4.69, 9.17) is 9.47 Å². The van der Waals surface area contributed by atoms with Crippen molar-refractivity contribution in [2.45, 2.75) is 45.1 Å². The molecule has 2 rings (SSSR count). The first-order chi connectivity index (χ1) is 8.83.